The highest BCUT2D eigenvalue weighted by atomic mass is 32.2. The summed E-state index contributed by atoms with van der Waals surface area (Å²) in [5, 5.41) is 17.1. The topological polar surface area (TPSA) is 179 Å². The molecule has 13 nitrogen and oxygen atoms in total. The average molecular weight is 633 g/mol. The Morgan fingerprint density at radius 2 is 1.84 bits per heavy atom. The Bertz CT molecular complexity index is 1370. The van der Waals surface area contributed by atoms with Gasteiger partial charge >= 0.3 is 6.09 Å². The molecule has 240 valence electrons. The van der Waals surface area contributed by atoms with Gasteiger partial charge in [0, 0.05) is 5.69 Å². The van der Waals surface area contributed by atoms with Gasteiger partial charge in [0.25, 0.3) is 10.0 Å². The summed E-state index contributed by atoms with van der Waals surface area (Å²) in [4.78, 5) is 30.2. The van der Waals surface area contributed by atoms with Gasteiger partial charge in [-0.3, -0.25) is 9.63 Å². The molecule has 14 heteroatoms. The third kappa shape index (κ3) is 8.25. The molecule has 2 aliphatic heterocycles. The van der Waals surface area contributed by atoms with Gasteiger partial charge in [-0.2, -0.15) is 0 Å². The van der Waals surface area contributed by atoms with E-state index in [1.54, 1.807) is 6.07 Å². The molecule has 5 N–H and O–H groups in total. The number of ether oxygens (including phenoxy) is 3. The van der Waals surface area contributed by atoms with E-state index in [1.807, 2.05) is 30.3 Å². The van der Waals surface area contributed by atoms with Crippen LogP contribution in [0, 0.1) is 5.92 Å². The zero-order valence-electron chi connectivity index (χ0n) is 24.4. The Morgan fingerprint density at radius 3 is 2.59 bits per heavy atom. The Labute approximate surface area is 257 Å². The molecule has 44 heavy (non-hydrogen) atoms. The molecule has 0 spiro atoms. The highest BCUT2D eigenvalue weighted by Gasteiger charge is 2.44. The number of amides is 2. The zero-order valence-corrected chi connectivity index (χ0v) is 25.2. The van der Waals surface area contributed by atoms with Crippen LogP contribution in [0.2, 0.25) is 0 Å². The fourth-order valence-corrected chi connectivity index (χ4v) is 7.08. The van der Waals surface area contributed by atoms with E-state index >= 15 is 0 Å². The molecular weight excluding hydrogens is 592 g/mol. The van der Waals surface area contributed by atoms with E-state index in [0.717, 1.165) is 22.9 Å². The number of alkyl carbamates (subject to hydrolysis) is 1. The van der Waals surface area contributed by atoms with Gasteiger partial charge in [-0.15, -0.1) is 0 Å². The minimum Gasteiger partial charge on any atom is -0.443 e. The largest absolute Gasteiger partial charge is 0.443 e. The fourth-order valence-electron chi connectivity index (χ4n) is 5.73. The lowest BCUT2D eigenvalue weighted by Gasteiger charge is -2.31. The number of nitrogens with one attached hydrogen (secondary N) is 2. The molecule has 0 unspecified atom stereocenters. The summed E-state index contributed by atoms with van der Waals surface area (Å²) in [6, 6.07) is 14.2. The van der Waals surface area contributed by atoms with Crippen molar-refractivity contribution in [2.24, 2.45) is 11.7 Å². The molecular formula is C30H40N4O9S. The van der Waals surface area contributed by atoms with Crippen molar-refractivity contribution in [3.8, 4) is 0 Å². The number of fused-ring (bicyclic) bond motifs is 1. The number of nitrogens with two attached hydrogens (primary N) is 1. The standard InChI is InChI=1S/C30H40N4O9S/c31-28(36)17-32-21-9-6-12-23(16-21)44(38,39)34(43-22-10-4-5-11-22)18-26(35)25(15-20-7-2-1-3-8-20)33-30(37)42-27-19-41-29-24(27)13-14-40-29/h1-3,6-9,12,16,22,24-27,29,32,35H,4-5,10-11,13-15,17-19H2,(H2,31,36)(H,33,37)/t24-,25-,26+,27-,29+/m0/s1. The van der Waals surface area contributed by atoms with Crippen LogP contribution < -0.4 is 16.4 Å². The normalized spacial score (nSPS) is 23.3. The molecule has 5 rings (SSSR count). The molecule has 2 aromatic rings. The van der Waals surface area contributed by atoms with Gasteiger partial charge in [0.1, 0.15) is 6.10 Å². The molecule has 2 heterocycles. The number of carbonyl (C=O) groups excluding carboxylic acids is 2. The van der Waals surface area contributed by atoms with Crippen molar-refractivity contribution in [3.05, 3.63) is 60.2 Å². The highest BCUT2D eigenvalue weighted by molar-refractivity contribution is 7.89. The Hall–Kier alpha value is -3.27. The summed E-state index contributed by atoms with van der Waals surface area (Å²) in [6.07, 6.45) is 0.714. The van der Waals surface area contributed by atoms with Crippen LogP contribution in [-0.2, 0) is 40.3 Å². The average Bonchev–Trinajstić information content (AvgIpc) is 3.77. The van der Waals surface area contributed by atoms with Crippen molar-refractivity contribution in [1.29, 1.82) is 0 Å². The molecule has 2 amide bonds. The van der Waals surface area contributed by atoms with Gasteiger partial charge in [0.15, 0.2) is 6.29 Å². The lowest BCUT2D eigenvalue weighted by Crippen LogP contribution is -2.51. The summed E-state index contributed by atoms with van der Waals surface area (Å²) in [7, 11) is -4.29. The van der Waals surface area contributed by atoms with Crippen LogP contribution in [-0.4, -0.2) is 86.9 Å². The first-order chi connectivity index (χ1) is 21.2. The third-order valence-corrected chi connectivity index (χ3v) is 9.70. The number of carbonyl (C=O) groups is 2. The van der Waals surface area contributed by atoms with E-state index in [0.29, 0.717) is 31.6 Å². The lowest BCUT2D eigenvalue weighted by atomic mass is 10.0. The third-order valence-electron chi connectivity index (χ3n) is 8.08. The van der Waals surface area contributed by atoms with E-state index in [4.69, 9.17) is 24.8 Å². The summed E-state index contributed by atoms with van der Waals surface area (Å²) in [6.45, 7) is 0.111. The molecule has 0 bridgehead atoms. The zero-order chi connectivity index (χ0) is 31.1. The highest BCUT2D eigenvalue weighted by Crippen LogP contribution is 2.33. The van der Waals surface area contributed by atoms with Gasteiger partial charge in [-0.05, 0) is 49.4 Å². The second-order valence-corrected chi connectivity index (χ2v) is 13.2. The van der Waals surface area contributed by atoms with Crippen LogP contribution in [0.1, 0.15) is 37.7 Å². The number of nitrogens with zero attached hydrogens (tertiary/aromatic N) is 1. The molecule has 1 aliphatic carbocycles. The van der Waals surface area contributed by atoms with Crippen LogP contribution >= 0.6 is 0 Å². The van der Waals surface area contributed by atoms with Crippen LogP contribution in [0.4, 0.5) is 10.5 Å². The smallest absolute Gasteiger partial charge is 0.407 e. The van der Waals surface area contributed by atoms with Crippen molar-refractivity contribution >= 4 is 27.7 Å². The number of hydrogen-bond donors (Lipinski definition) is 4. The van der Waals surface area contributed by atoms with Gasteiger partial charge in [0.05, 0.1) is 55.4 Å². The minimum absolute atomic E-state index is 0.0630. The number of aliphatic hydroxyl groups excluding tert-OH is 1. The number of anilines is 1. The second-order valence-electron chi connectivity index (χ2n) is 11.3. The number of benzene rings is 2. The second kappa shape index (κ2) is 14.7. The Balaban J connectivity index is 1.34. The number of hydroxylamine groups is 1. The first kappa shape index (κ1) is 32.1. The van der Waals surface area contributed by atoms with Crippen LogP contribution in [0.5, 0.6) is 0 Å². The van der Waals surface area contributed by atoms with Crippen LogP contribution in [0.25, 0.3) is 0 Å². The number of aliphatic hydroxyl groups is 1. The van der Waals surface area contributed by atoms with Crippen LogP contribution in [0.15, 0.2) is 59.5 Å². The molecule has 3 fully saturated rings. The van der Waals surface area contributed by atoms with Crippen molar-refractivity contribution in [2.45, 2.75) is 74.1 Å². The molecule has 2 saturated heterocycles. The number of rotatable bonds is 14. The van der Waals surface area contributed by atoms with E-state index < -0.39 is 53.1 Å². The monoisotopic (exact) mass is 632 g/mol. The summed E-state index contributed by atoms with van der Waals surface area (Å²) >= 11 is 0. The van der Waals surface area contributed by atoms with Gasteiger partial charge in [-0.25, -0.2) is 13.2 Å². The summed E-state index contributed by atoms with van der Waals surface area (Å²) in [5.74, 6) is -0.660. The van der Waals surface area contributed by atoms with E-state index in [-0.39, 0.29) is 36.5 Å². The van der Waals surface area contributed by atoms with E-state index in [9.17, 15) is 23.1 Å². The maximum Gasteiger partial charge on any atom is 0.407 e. The Kier molecular flexibility index (Phi) is 10.7. The number of primary amides is 1. The van der Waals surface area contributed by atoms with E-state index in [2.05, 4.69) is 10.6 Å². The quantitative estimate of drug-likeness (QED) is 0.225. The predicted octanol–water partition coefficient (Wildman–Crippen LogP) is 1.91. The van der Waals surface area contributed by atoms with Gasteiger partial charge in [-0.1, -0.05) is 53.7 Å². The first-order valence-corrected chi connectivity index (χ1v) is 16.4. The molecule has 2 aromatic carbocycles. The molecule has 0 radical (unpaired) electrons. The maximum atomic E-state index is 13.9. The molecule has 3 aliphatic rings. The molecule has 0 aromatic heterocycles. The molecule has 1 saturated carbocycles. The maximum absolute atomic E-state index is 13.9. The lowest BCUT2D eigenvalue weighted by molar-refractivity contribution is -0.145. The first-order valence-electron chi connectivity index (χ1n) is 14.9. The van der Waals surface area contributed by atoms with Crippen molar-refractivity contribution in [2.75, 3.05) is 31.6 Å². The SMILES string of the molecule is NC(=O)CNc1cccc(S(=O)(=O)N(C[C@@H](O)[C@H](Cc2ccccc2)NC(=O)O[C@H]2CO[C@H]3OCC[C@H]32)OC2CCCC2)c1. The Morgan fingerprint density at radius 1 is 1.07 bits per heavy atom. The van der Waals surface area contributed by atoms with Crippen molar-refractivity contribution in [3.63, 3.8) is 0 Å². The van der Waals surface area contributed by atoms with Gasteiger partial charge in [0.2, 0.25) is 5.91 Å². The number of hydrogen-bond acceptors (Lipinski definition) is 10. The minimum atomic E-state index is -4.29. The fraction of sp³-hybridized carbons (Fsp3) is 0.533. The van der Waals surface area contributed by atoms with Crippen molar-refractivity contribution < 1.29 is 42.2 Å². The number of sulfonamides is 1. The van der Waals surface area contributed by atoms with E-state index in [1.165, 1.54) is 18.2 Å². The van der Waals surface area contributed by atoms with Crippen LogP contribution in [0.3, 0.4) is 0 Å². The van der Waals surface area contributed by atoms with Gasteiger partial charge < -0.3 is 35.7 Å². The summed E-state index contributed by atoms with van der Waals surface area (Å²) < 4.78 is 45.4. The predicted molar refractivity (Wildman–Crippen MR) is 159 cm³/mol. The summed E-state index contributed by atoms with van der Waals surface area (Å²) in [5.41, 5.74) is 6.42. The molecule has 5 atom stereocenters. The van der Waals surface area contributed by atoms with Crippen molar-refractivity contribution in [1.82, 2.24) is 9.79 Å².